The summed E-state index contributed by atoms with van der Waals surface area (Å²) in [7, 11) is 0. The average Bonchev–Trinajstić information content (AvgIpc) is 3.11. The van der Waals surface area contributed by atoms with Gasteiger partial charge in [0.25, 0.3) is 5.71 Å². The summed E-state index contributed by atoms with van der Waals surface area (Å²) >= 11 is 0. The van der Waals surface area contributed by atoms with Gasteiger partial charge in [0.15, 0.2) is 17.2 Å². The van der Waals surface area contributed by atoms with E-state index in [1.54, 1.807) is 12.5 Å². The van der Waals surface area contributed by atoms with E-state index in [-0.39, 0.29) is 6.10 Å². The van der Waals surface area contributed by atoms with Crippen LogP contribution in [0.25, 0.3) is 11.2 Å². The summed E-state index contributed by atoms with van der Waals surface area (Å²) in [5.41, 5.74) is 2.25. The Labute approximate surface area is 146 Å². The number of hydrogen-bond donors (Lipinski definition) is 0. The van der Waals surface area contributed by atoms with Crippen LogP contribution in [0, 0.1) is 0 Å². The number of rotatable bonds is 5. The van der Waals surface area contributed by atoms with Gasteiger partial charge in [0.05, 0.1) is 18.4 Å². The number of ether oxygens (including phenoxy) is 1. The number of fused-ring (bicyclic) bond motifs is 1. The summed E-state index contributed by atoms with van der Waals surface area (Å²) in [6.07, 6.45) is 6.32. The van der Waals surface area contributed by atoms with Gasteiger partial charge in [0.2, 0.25) is 0 Å². The van der Waals surface area contributed by atoms with E-state index in [1.165, 1.54) is 0 Å². The van der Waals surface area contributed by atoms with E-state index < -0.39 is 0 Å². The molecule has 1 aliphatic rings. The van der Waals surface area contributed by atoms with Gasteiger partial charge in [0.1, 0.15) is 6.33 Å². The Morgan fingerprint density at radius 2 is 2.24 bits per heavy atom. The monoisotopic (exact) mass is 339 g/mol. The second-order valence-electron chi connectivity index (χ2n) is 6.15. The van der Waals surface area contributed by atoms with E-state index in [9.17, 15) is 0 Å². The highest BCUT2D eigenvalue weighted by Gasteiger charge is 2.24. The largest absolute Gasteiger partial charge is 0.422 e. The Kier molecular flexibility index (Phi) is 4.56. The first-order chi connectivity index (χ1) is 12.3. The number of pyridine rings is 1. The molecule has 4 heterocycles. The number of anilines is 1. The molecule has 3 aromatic heterocycles. The van der Waals surface area contributed by atoms with E-state index >= 15 is 0 Å². The Morgan fingerprint density at radius 1 is 1.28 bits per heavy atom. The molecule has 0 unspecified atom stereocenters. The number of nitrogens with zero attached hydrogens (tertiary/aromatic N) is 5. The van der Waals surface area contributed by atoms with Crippen LogP contribution in [0.4, 0.5) is 5.82 Å². The molecule has 0 N–H and O–H groups in total. The molecule has 0 radical (unpaired) electrons. The molecule has 0 aliphatic carbocycles. The fourth-order valence-electron chi connectivity index (χ4n) is 3.12. The molecule has 3 aromatic rings. The lowest BCUT2D eigenvalue weighted by Crippen LogP contribution is -2.40. The Bertz CT molecular complexity index is 836. The van der Waals surface area contributed by atoms with Gasteiger partial charge in [0, 0.05) is 25.7 Å². The standard InChI is InChI=1S/C18H21N5O2/c1-2-15-22-16-17(20-12-21-18(16)25-15)23-9-5-7-14(10-23)24-11-13-6-3-4-8-19-13/h3-4,6,8,12,14H,2,5,7,9-11H2,1H3/t14-/m1/s1. The van der Waals surface area contributed by atoms with Crippen molar-refractivity contribution in [2.24, 2.45) is 0 Å². The molecule has 0 spiro atoms. The first-order valence-corrected chi connectivity index (χ1v) is 8.70. The summed E-state index contributed by atoms with van der Waals surface area (Å²) in [5.74, 6) is 1.52. The fourth-order valence-corrected chi connectivity index (χ4v) is 3.12. The van der Waals surface area contributed by atoms with Gasteiger partial charge in [-0.3, -0.25) is 4.98 Å². The predicted molar refractivity (Wildman–Crippen MR) is 93.2 cm³/mol. The summed E-state index contributed by atoms with van der Waals surface area (Å²) in [5, 5.41) is 0. The second-order valence-corrected chi connectivity index (χ2v) is 6.15. The minimum atomic E-state index is 0.151. The molecule has 1 saturated heterocycles. The normalized spacial score (nSPS) is 18.0. The van der Waals surface area contributed by atoms with Gasteiger partial charge in [-0.25, -0.2) is 9.97 Å². The zero-order valence-corrected chi connectivity index (χ0v) is 14.3. The molecule has 0 bridgehead atoms. The first-order valence-electron chi connectivity index (χ1n) is 8.70. The summed E-state index contributed by atoms with van der Waals surface area (Å²) < 4.78 is 11.7. The molecule has 0 amide bonds. The maximum absolute atomic E-state index is 6.07. The lowest BCUT2D eigenvalue weighted by molar-refractivity contribution is 0.0297. The Balaban J connectivity index is 1.48. The molecule has 0 saturated carbocycles. The second kappa shape index (κ2) is 7.14. The van der Waals surface area contributed by atoms with Crippen molar-refractivity contribution in [3.8, 4) is 0 Å². The van der Waals surface area contributed by atoms with Gasteiger partial charge in [-0.05, 0) is 25.0 Å². The average molecular weight is 339 g/mol. The SMILES string of the molecule is CCc1nc2c(N3CCC[C@@H](OCc4ccccn4)C3)ncnc2o1. The Morgan fingerprint density at radius 3 is 3.08 bits per heavy atom. The zero-order valence-electron chi connectivity index (χ0n) is 14.3. The lowest BCUT2D eigenvalue weighted by atomic mass is 10.1. The van der Waals surface area contributed by atoms with Crippen LogP contribution in [0.1, 0.15) is 31.4 Å². The predicted octanol–water partition coefficient (Wildman–Crippen LogP) is 2.76. The van der Waals surface area contributed by atoms with Crippen molar-refractivity contribution in [1.29, 1.82) is 0 Å². The van der Waals surface area contributed by atoms with Crippen LogP contribution in [0.3, 0.4) is 0 Å². The van der Waals surface area contributed by atoms with E-state index in [1.807, 2.05) is 25.1 Å². The van der Waals surface area contributed by atoms with Crippen molar-refractivity contribution >= 4 is 17.0 Å². The van der Waals surface area contributed by atoms with Crippen LogP contribution >= 0.6 is 0 Å². The van der Waals surface area contributed by atoms with Gasteiger partial charge in [-0.15, -0.1) is 0 Å². The zero-order chi connectivity index (χ0) is 17.1. The minimum absolute atomic E-state index is 0.151. The van der Waals surface area contributed by atoms with E-state index in [4.69, 9.17) is 9.15 Å². The summed E-state index contributed by atoms with van der Waals surface area (Å²) in [4.78, 5) is 19.7. The molecule has 4 rings (SSSR count). The fraction of sp³-hybridized carbons (Fsp3) is 0.444. The van der Waals surface area contributed by atoms with Crippen molar-refractivity contribution in [3.05, 3.63) is 42.3 Å². The van der Waals surface area contributed by atoms with Crippen molar-refractivity contribution in [2.75, 3.05) is 18.0 Å². The van der Waals surface area contributed by atoms with Crippen molar-refractivity contribution in [2.45, 2.75) is 38.9 Å². The maximum Gasteiger partial charge on any atom is 0.252 e. The number of aryl methyl sites for hydroxylation is 1. The van der Waals surface area contributed by atoms with Crippen LogP contribution in [0.5, 0.6) is 0 Å². The Hall–Kier alpha value is -2.54. The maximum atomic E-state index is 6.07. The number of oxazole rings is 1. The molecule has 1 fully saturated rings. The summed E-state index contributed by atoms with van der Waals surface area (Å²) in [6.45, 7) is 4.26. The molecule has 1 aliphatic heterocycles. The highest BCUT2D eigenvalue weighted by molar-refractivity contribution is 5.81. The molecule has 25 heavy (non-hydrogen) atoms. The highest BCUT2D eigenvalue weighted by Crippen LogP contribution is 2.26. The van der Waals surface area contributed by atoms with Crippen LogP contribution in [0.2, 0.25) is 0 Å². The van der Waals surface area contributed by atoms with Crippen LogP contribution in [-0.4, -0.2) is 39.1 Å². The molecule has 1 atom stereocenters. The smallest absolute Gasteiger partial charge is 0.252 e. The lowest BCUT2D eigenvalue weighted by Gasteiger charge is -2.33. The number of piperidine rings is 1. The topological polar surface area (TPSA) is 77.2 Å². The molecule has 7 heteroatoms. The van der Waals surface area contributed by atoms with Crippen LogP contribution in [-0.2, 0) is 17.8 Å². The van der Waals surface area contributed by atoms with Crippen molar-refractivity contribution in [3.63, 3.8) is 0 Å². The minimum Gasteiger partial charge on any atom is -0.422 e. The number of aromatic nitrogens is 4. The summed E-state index contributed by atoms with van der Waals surface area (Å²) in [6, 6.07) is 5.87. The third-order valence-corrected chi connectivity index (χ3v) is 4.39. The molecular weight excluding hydrogens is 318 g/mol. The quantitative estimate of drug-likeness (QED) is 0.707. The first kappa shape index (κ1) is 16.0. The highest BCUT2D eigenvalue weighted by atomic mass is 16.5. The van der Waals surface area contributed by atoms with Crippen LogP contribution < -0.4 is 4.90 Å². The molecular formula is C18H21N5O2. The van der Waals surface area contributed by atoms with E-state index in [2.05, 4.69) is 24.8 Å². The van der Waals surface area contributed by atoms with E-state index in [0.717, 1.165) is 49.4 Å². The van der Waals surface area contributed by atoms with Gasteiger partial charge >= 0.3 is 0 Å². The number of hydrogen-bond acceptors (Lipinski definition) is 7. The molecule has 0 aromatic carbocycles. The van der Waals surface area contributed by atoms with Gasteiger partial charge < -0.3 is 14.1 Å². The van der Waals surface area contributed by atoms with Gasteiger partial charge in [-0.1, -0.05) is 13.0 Å². The third kappa shape index (κ3) is 3.46. The third-order valence-electron chi connectivity index (χ3n) is 4.39. The molecule has 130 valence electrons. The van der Waals surface area contributed by atoms with Crippen molar-refractivity contribution in [1.82, 2.24) is 19.9 Å². The van der Waals surface area contributed by atoms with Crippen molar-refractivity contribution < 1.29 is 9.15 Å². The van der Waals surface area contributed by atoms with Crippen LogP contribution in [0.15, 0.2) is 35.1 Å². The molecule has 7 nitrogen and oxygen atoms in total. The van der Waals surface area contributed by atoms with E-state index in [0.29, 0.717) is 18.2 Å². The van der Waals surface area contributed by atoms with Gasteiger partial charge in [-0.2, -0.15) is 4.98 Å².